The standard InChI is InChI=1S/C12H18NO4P/c1-10(18(15,16-2)17-3)13-12(14)9-11-7-5-4-6-8-11/h4-8,10H,9H2,1-3H3,(H,13,14). The van der Waals surface area contributed by atoms with Crippen LogP contribution in [0.3, 0.4) is 0 Å². The second-order valence-electron chi connectivity index (χ2n) is 3.81. The molecule has 0 aliphatic rings. The number of nitrogens with one attached hydrogen (secondary N) is 1. The number of benzene rings is 1. The van der Waals surface area contributed by atoms with Gasteiger partial charge in [-0.15, -0.1) is 0 Å². The summed E-state index contributed by atoms with van der Waals surface area (Å²) in [7, 11) is -0.671. The summed E-state index contributed by atoms with van der Waals surface area (Å²) in [6, 6.07) is 9.32. The minimum absolute atomic E-state index is 0.219. The van der Waals surface area contributed by atoms with Crippen molar-refractivity contribution in [3.05, 3.63) is 35.9 Å². The van der Waals surface area contributed by atoms with Crippen LogP contribution in [0.4, 0.5) is 0 Å². The van der Waals surface area contributed by atoms with E-state index in [2.05, 4.69) is 5.32 Å². The van der Waals surface area contributed by atoms with Gasteiger partial charge in [0, 0.05) is 14.2 Å². The van der Waals surface area contributed by atoms with E-state index in [0.717, 1.165) is 5.56 Å². The zero-order valence-corrected chi connectivity index (χ0v) is 11.6. The molecule has 1 rings (SSSR count). The molecule has 100 valence electrons. The van der Waals surface area contributed by atoms with E-state index in [1.807, 2.05) is 30.3 Å². The van der Waals surface area contributed by atoms with Crippen LogP contribution in [0.2, 0.25) is 0 Å². The molecule has 0 aliphatic heterocycles. The Morgan fingerprint density at radius 3 is 2.33 bits per heavy atom. The fourth-order valence-corrected chi connectivity index (χ4v) is 2.62. The van der Waals surface area contributed by atoms with Crippen molar-refractivity contribution in [3.63, 3.8) is 0 Å². The van der Waals surface area contributed by atoms with Crippen molar-refractivity contribution < 1.29 is 18.4 Å². The van der Waals surface area contributed by atoms with Crippen molar-refractivity contribution in [1.82, 2.24) is 5.32 Å². The Morgan fingerprint density at radius 2 is 1.83 bits per heavy atom. The van der Waals surface area contributed by atoms with Gasteiger partial charge in [0.1, 0.15) is 5.78 Å². The summed E-state index contributed by atoms with van der Waals surface area (Å²) in [5, 5.41) is 2.62. The van der Waals surface area contributed by atoms with E-state index in [1.54, 1.807) is 6.92 Å². The van der Waals surface area contributed by atoms with Crippen LogP contribution in [0.1, 0.15) is 12.5 Å². The van der Waals surface area contributed by atoms with E-state index in [9.17, 15) is 9.36 Å². The van der Waals surface area contributed by atoms with E-state index in [0.29, 0.717) is 0 Å². The molecule has 0 bridgehead atoms. The molecule has 0 aromatic heterocycles. The molecular weight excluding hydrogens is 253 g/mol. The summed E-state index contributed by atoms with van der Waals surface area (Å²) in [5.74, 6) is -0.897. The average molecular weight is 271 g/mol. The van der Waals surface area contributed by atoms with Gasteiger partial charge in [0.05, 0.1) is 6.42 Å². The largest absolute Gasteiger partial charge is 0.351 e. The highest BCUT2D eigenvalue weighted by Crippen LogP contribution is 2.50. The van der Waals surface area contributed by atoms with E-state index in [1.165, 1.54) is 14.2 Å². The van der Waals surface area contributed by atoms with Gasteiger partial charge in [-0.2, -0.15) is 0 Å². The summed E-state index contributed by atoms with van der Waals surface area (Å²) in [4.78, 5) is 11.8. The third kappa shape index (κ3) is 3.95. The lowest BCUT2D eigenvalue weighted by Crippen LogP contribution is -2.34. The molecule has 1 atom stereocenters. The third-order valence-electron chi connectivity index (χ3n) is 2.56. The van der Waals surface area contributed by atoms with Crippen LogP contribution in [0.5, 0.6) is 0 Å². The van der Waals surface area contributed by atoms with Crippen LogP contribution in [0.25, 0.3) is 0 Å². The van der Waals surface area contributed by atoms with Crippen molar-refractivity contribution in [2.45, 2.75) is 19.1 Å². The molecule has 0 heterocycles. The summed E-state index contributed by atoms with van der Waals surface area (Å²) in [6.07, 6.45) is 0.235. The Kier molecular flexibility index (Phi) is 5.54. The van der Waals surface area contributed by atoms with E-state index < -0.39 is 13.4 Å². The summed E-state index contributed by atoms with van der Waals surface area (Å²) in [6.45, 7) is 1.59. The fraction of sp³-hybridized carbons (Fsp3) is 0.417. The van der Waals surface area contributed by atoms with Crippen molar-refractivity contribution in [1.29, 1.82) is 0 Å². The molecule has 1 N–H and O–H groups in total. The number of carbonyl (C=O) groups excluding carboxylic acids is 1. The summed E-state index contributed by atoms with van der Waals surface area (Å²) in [5.41, 5.74) is 0.895. The topological polar surface area (TPSA) is 64.6 Å². The van der Waals surface area contributed by atoms with Gasteiger partial charge in [0.25, 0.3) is 0 Å². The van der Waals surface area contributed by atoms with Gasteiger partial charge in [-0.25, -0.2) is 0 Å². The van der Waals surface area contributed by atoms with E-state index in [4.69, 9.17) is 9.05 Å². The first-order valence-electron chi connectivity index (χ1n) is 5.56. The number of rotatable bonds is 6. The maximum absolute atomic E-state index is 12.0. The quantitative estimate of drug-likeness (QED) is 0.805. The number of carbonyl (C=O) groups is 1. The Hall–Kier alpha value is -1.16. The molecule has 5 nitrogen and oxygen atoms in total. The second-order valence-corrected chi connectivity index (χ2v) is 6.40. The van der Waals surface area contributed by atoms with Gasteiger partial charge < -0.3 is 14.4 Å². The Labute approximate surface area is 107 Å². The lowest BCUT2D eigenvalue weighted by molar-refractivity contribution is -0.120. The van der Waals surface area contributed by atoms with Crippen LogP contribution in [-0.4, -0.2) is 25.9 Å². The second kappa shape index (κ2) is 6.69. The third-order valence-corrected chi connectivity index (χ3v) is 4.66. The molecule has 1 aromatic rings. The van der Waals surface area contributed by atoms with Crippen LogP contribution >= 0.6 is 7.60 Å². The molecule has 1 unspecified atom stereocenters. The zero-order valence-electron chi connectivity index (χ0n) is 10.8. The minimum atomic E-state index is -3.26. The van der Waals surface area contributed by atoms with Gasteiger partial charge >= 0.3 is 7.60 Å². The molecule has 0 radical (unpaired) electrons. The predicted octanol–water partition coefficient (Wildman–Crippen LogP) is 2.18. The molecule has 1 amide bonds. The van der Waals surface area contributed by atoms with Crippen LogP contribution in [0.15, 0.2) is 30.3 Å². The smallest absolute Gasteiger partial charge is 0.342 e. The molecule has 0 saturated heterocycles. The first-order chi connectivity index (χ1) is 8.51. The lowest BCUT2D eigenvalue weighted by Gasteiger charge is -2.21. The highest BCUT2D eigenvalue weighted by molar-refractivity contribution is 7.54. The number of hydrogen-bond donors (Lipinski definition) is 1. The van der Waals surface area contributed by atoms with Gasteiger partial charge in [-0.1, -0.05) is 30.3 Å². The molecule has 0 fully saturated rings. The molecule has 0 saturated carbocycles. The molecule has 1 aromatic carbocycles. The normalized spacial score (nSPS) is 13.1. The average Bonchev–Trinajstić information content (AvgIpc) is 2.38. The number of amides is 1. The van der Waals surface area contributed by atoms with Crippen molar-refractivity contribution in [2.24, 2.45) is 0 Å². The van der Waals surface area contributed by atoms with Gasteiger partial charge in [-0.05, 0) is 12.5 Å². The molecule has 6 heteroatoms. The van der Waals surface area contributed by atoms with Crippen LogP contribution in [-0.2, 0) is 24.8 Å². The first-order valence-corrected chi connectivity index (χ1v) is 7.17. The van der Waals surface area contributed by atoms with Crippen molar-refractivity contribution in [2.75, 3.05) is 14.2 Å². The Bertz CT molecular complexity index is 427. The van der Waals surface area contributed by atoms with Gasteiger partial charge in [0.15, 0.2) is 0 Å². The summed E-state index contributed by atoms with van der Waals surface area (Å²) < 4.78 is 21.6. The SMILES string of the molecule is COP(=O)(OC)C(C)NC(=O)Cc1ccccc1. The zero-order chi connectivity index (χ0) is 13.6. The van der Waals surface area contributed by atoms with Gasteiger partial charge in [0.2, 0.25) is 5.91 Å². The van der Waals surface area contributed by atoms with Crippen molar-refractivity contribution >= 4 is 13.5 Å². The maximum atomic E-state index is 12.0. The lowest BCUT2D eigenvalue weighted by atomic mass is 10.1. The van der Waals surface area contributed by atoms with Gasteiger partial charge in [-0.3, -0.25) is 9.36 Å². The highest BCUT2D eigenvalue weighted by atomic mass is 31.2. The van der Waals surface area contributed by atoms with Crippen molar-refractivity contribution in [3.8, 4) is 0 Å². The fourth-order valence-electron chi connectivity index (χ4n) is 1.54. The Balaban J connectivity index is 2.58. The summed E-state index contributed by atoms with van der Waals surface area (Å²) >= 11 is 0. The van der Waals surface area contributed by atoms with E-state index in [-0.39, 0.29) is 12.3 Å². The molecule has 18 heavy (non-hydrogen) atoms. The van der Waals surface area contributed by atoms with E-state index >= 15 is 0 Å². The Morgan fingerprint density at radius 1 is 1.28 bits per heavy atom. The highest BCUT2D eigenvalue weighted by Gasteiger charge is 2.31. The predicted molar refractivity (Wildman–Crippen MR) is 69.4 cm³/mol. The first kappa shape index (κ1) is 14.9. The van der Waals surface area contributed by atoms with Crippen LogP contribution in [0, 0.1) is 0 Å². The molecule has 0 spiro atoms. The molecular formula is C12H18NO4P. The van der Waals surface area contributed by atoms with Crippen LogP contribution < -0.4 is 5.32 Å². The maximum Gasteiger partial charge on any atom is 0.351 e. The monoisotopic (exact) mass is 271 g/mol. The molecule has 0 aliphatic carbocycles. The minimum Gasteiger partial charge on any atom is -0.342 e. The number of hydrogen-bond acceptors (Lipinski definition) is 4.